The Morgan fingerprint density at radius 3 is 2.24 bits per heavy atom. The van der Waals surface area contributed by atoms with Crippen molar-refractivity contribution in [2.75, 3.05) is 26.2 Å². The molecule has 0 spiro atoms. The normalized spacial score (nSPS) is 17.3. The van der Waals surface area contributed by atoms with E-state index in [-0.39, 0.29) is 27.8 Å². The summed E-state index contributed by atoms with van der Waals surface area (Å²) in [6, 6.07) is 13.7. The van der Waals surface area contributed by atoms with Crippen LogP contribution in [0.5, 0.6) is 0 Å². The second-order valence-corrected chi connectivity index (χ2v) is 10.7. The Labute approximate surface area is 200 Å². The van der Waals surface area contributed by atoms with Crippen LogP contribution in [0.2, 0.25) is 0 Å². The Morgan fingerprint density at radius 1 is 0.941 bits per heavy atom. The molecule has 8 nitrogen and oxygen atoms in total. The first-order valence-electron chi connectivity index (χ1n) is 11.5. The summed E-state index contributed by atoms with van der Waals surface area (Å²) >= 11 is 0. The number of rotatable bonds is 6. The van der Waals surface area contributed by atoms with Crippen molar-refractivity contribution in [3.05, 3.63) is 65.2 Å². The standard InChI is InChI=1S/C25H29N3O5S/c1-18(2)28-25(31)21-12-11-20(17-22(21)34(28,32)33)24(30)27-15-13-26(14-16-27)23(29)10-6-9-19-7-4-3-5-8-19/h3-5,7-8,11-12,17-18H,6,9-10,13-16H2,1-2H3. The topological polar surface area (TPSA) is 95.1 Å². The molecule has 9 heteroatoms. The minimum absolute atomic E-state index is 0.0824. The van der Waals surface area contributed by atoms with Gasteiger partial charge in [-0.1, -0.05) is 30.3 Å². The zero-order valence-electron chi connectivity index (χ0n) is 19.4. The quantitative estimate of drug-likeness (QED) is 0.629. The molecule has 180 valence electrons. The first kappa shape index (κ1) is 23.9. The van der Waals surface area contributed by atoms with E-state index in [1.165, 1.54) is 23.8 Å². The summed E-state index contributed by atoms with van der Waals surface area (Å²) < 4.78 is 26.5. The molecule has 0 bridgehead atoms. The van der Waals surface area contributed by atoms with Crippen molar-refractivity contribution in [3.8, 4) is 0 Å². The number of fused-ring (bicyclic) bond motifs is 1. The van der Waals surface area contributed by atoms with Crippen LogP contribution in [0.4, 0.5) is 0 Å². The van der Waals surface area contributed by atoms with Crippen LogP contribution in [0.25, 0.3) is 0 Å². The summed E-state index contributed by atoms with van der Waals surface area (Å²) in [5.41, 5.74) is 1.53. The number of aryl methyl sites for hydroxylation is 1. The zero-order valence-corrected chi connectivity index (χ0v) is 20.3. The summed E-state index contributed by atoms with van der Waals surface area (Å²) in [4.78, 5) is 41.4. The number of carbonyl (C=O) groups is 3. The van der Waals surface area contributed by atoms with Gasteiger partial charge in [0.05, 0.1) is 5.56 Å². The summed E-state index contributed by atoms with van der Waals surface area (Å²) in [5, 5.41) is 0. The van der Waals surface area contributed by atoms with Crippen molar-refractivity contribution in [2.24, 2.45) is 0 Å². The number of hydrogen-bond donors (Lipinski definition) is 0. The lowest BCUT2D eigenvalue weighted by molar-refractivity contribution is -0.132. The highest BCUT2D eigenvalue weighted by atomic mass is 32.2. The van der Waals surface area contributed by atoms with Crippen molar-refractivity contribution in [3.63, 3.8) is 0 Å². The number of carbonyl (C=O) groups excluding carboxylic acids is 3. The van der Waals surface area contributed by atoms with Crippen LogP contribution in [0.1, 0.15) is 53.0 Å². The monoisotopic (exact) mass is 483 g/mol. The van der Waals surface area contributed by atoms with Gasteiger partial charge in [0.25, 0.3) is 21.8 Å². The number of nitrogens with zero attached hydrogens (tertiary/aromatic N) is 3. The molecule has 1 saturated heterocycles. The summed E-state index contributed by atoms with van der Waals surface area (Å²) in [7, 11) is -3.97. The van der Waals surface area contributed by atoms with Gasteiger partial charge in [-0.25, -0.2) is 12.7 Å². The van der Waals surface area contributed by atoms with Crippen LogP contribution in [0.3, 0.4) is 0 Å². The highest BCUT2D eigenvalue weighted by molar-refractivity contribution is 7.90. The molecule has 0 aromatic heterocycles. The van der Waals surface area contributed by atoms with Gasteiger partial charge in [0.15, 0.2) is 0 Å². The molecule has 2 aliphatic heterocycles. The van der Waals surface area contributed by atoms with Gasteiger partial charge in [0, 0.05) is 44.2 Å². The average molecular weight is 484 g/mol. The molecule has 0 unspecified atom stereocenters. The van der Waals surface area contributed by atoms with Gasteiger partial charge in [-0.3, -0.25) is 14.4 Å². The Morgan fingerprint density at radius 2 is 1.59 bits per heavy atom. The van der Waals surface area contributed by atoms with Crippen molar-refractivity contribution in [1.82, 2.24) is 14.1 Å². The maximum absolute atomic E-state index is 13.0. The Balaban J connectivity index is 1.35. The molecule has 2 aromatic carbocycles. The van der Waals surface area contributed by atoms with E-state index >= 15 is 0 Å². The van der Waals surface area contributed by atoms with Crippen LogP contribution in [-0.2, 0) is 21.2 Å². The summed E-state index contributed by atoms with van der Waals surface area (Å²) in [6.07, 6.45) is 2.09. The molecular weight excluding hydrogens is 454 g/mol. The molecule has 0 N–H and O–H groups in total. The van der Waals surface area contributed by atoms with E-state index in [1.807, 2.05) is 18.2 Å². The van der Waals surface area contributed by atoms with Crippen LogP contribution < -0.4 is 0 Å². The van der Waals surface area contributed by atoms with Crippen molar-refractivity contribution in [2.45, 2.75) is 44.0 Å². The molecule has 1 fully saturated rings. The summed E-state index contributed by atoms with van der Waals surface area (Å²) in [5.74, 6) is -0.785. The van der Waals surface area contributed by atoms with Gasteiger partial charge in [0.1, 0.15) is 4.90 Å². The molecule has 34 heavy (non-hydrogen) atoms. The third-order valence-electron chi connectivity index (χ3n) is 6.28. The van der Waals surface area contributed by atoms with Crippen molar-refractivity contribution >= 4 is 27.7 Å². The maximum Gasteiger partial charge on any atom is 0.269 e. The van der Waals surface area contributed by atoms with E-state index in [0.29, 0.717) is 32.6 Å². The van der Waals surface area contributed by atoms with Gasteiger partial charge < -0.3 is 9.80 Å². The van der Waals surface area contributed by atoms with Gasteiger partial charge >= 0.3 is 0 Å². The molecular formula is C25H29N3O5S. The van der Waals surface area contributed by atoms with Crippen molar-refractivity contribution in [1.29, 1.82) is 0 Å². The van der Waals surface area contributed by atoms with Crippen LogP contribution in [-0.4, -0.2) is 72.5 Å². The second-order valence-electron chi connectivity index (χ2n) is 8.92. The van der Waals surface area contributed by atoms with Gasteiger partial charge in [-0.05, 0) is 50.5 Å². The minimum Gasteiger partial charge on any atom is -0.339 e. The Kier molecular flexibility index (Phi) is 6.74. The molecule has 0 radical (unpaired) electrons. The molecule has 0 aliphatic carbocycles. The fourth-order valence-electron chi connectivity index (χ4n) is 4.48. The lowest BCUT2D eigenvalue weighted by Crippen LogP contribution is -2.50. The predicted molar refractivity (Wildman–Crippen MR) is 127 cm³/mol. The van der Waals surface area contributed by atoms with E-state index < -0.39 is 22.0 Å². The number of piperazine rings is 1. The molecule has 4 rings (SSSR count). The molecule has 3 amide bonds. The largest absolute Gasteiger partial charge is 0.339 e. The fraction of sp³-hybridized carbons (Fsp3) is 0.400. The van der Waals surface area contributed by atoms with Gasteiger partial charge in [-0.15, -0.1) is 0 Å². The van der Waals surface area contributed by atoms with E-state index in [2.05, 4.69) is 12.1 Å². The maximum atomic E-state index is 13.0. The van der Waals surface area contributed by atoms with Crippen LogP contribution in [0.15, 0.2) is 53.4 Å². The predicted octanol–water partition coefficient (Wildman–Crippen LogP) is 2.55. The Hall–Kier alpha value is -3.20. The lowest BCUT2D eigenvalue weighted by Gasteiger charge is -2.35. The molecule has 0 atom stereocenters. The smallest absolute Gasteiger partial charge is 0.269 e. The number of sulfonamides is 1. The van der Waals surface area contributed by atoms with E-state index in [9.17, 15) is 22.8 Å². The molecule has 2 heterocycles. The molecule has 0 saturated carbocycles. The third-order valence-corrected chi connectivity index (χ3v) is 8.28. The van der Waals surface area contributed by atoms with E-state index in [0.717, 1.165) is 17.1 Å². The number of benzene rings is 2. The summed E-state index contributed by atoms with van der Waals surface area (Å²) in [6.45, 7) is 4.91. The van der Waals surface area contributed by atoms with E-state index in [1.54, 1.807) is 23.6 Å². The number of hydrogen-bond acceptors (Lipinski definition) is 5. The first-order valence-corrected chi connectivity index (χ1v) is 13.0. The van der Waals surface area contributed by atoms with Gasteiger partial charge in [0.2, 0.25) is 5.91 Å². The SMILES string of the molecule is CC(C)N1C(=O)c2ccc(C(=O)N3CCN(C(=O)CCCc4ccccc4)CC3)cc2S1(=O)=O. The lowest BCUT2D eigenvalue weighted by atomic mass is 10.1. The minimum atomic E-state index is -3.97. The second kappa shape index (κ2) is 9.58. The fourth-order valence-corrected chi connectivity index (χ4v) is 6.27. The molecule has 2 aromatic rings. The average Bonchev–Trinajstić information content (AvgIpc) is 3.03. The third kappa shape index (κ3) is 4.57. The number of amides is 3. The highest BCUT2D eigenvalue weighted by Gasteiger charge is 2.43. The Bertz CT molecular complexity index is 1200. The van der Waals surface area contributed by atoms with Crippen LogP contribution >= 0.6 is 0 Å². The van der Waals surface area contributed by atoms with E-state index in [4.69, 9.17) is 0 Å². The van der Waals surface area contributed by atoms with Crippen LogP contribution in [0, 0.1) is 0 Å². The zero-order chi connectivity index (χ0) is 24.5. The van der Waals surface area contributed by atoms with Gasteiger partial charge in [-0.2, -0.15) is 0 Å². The highest BCUT2D eigenvalue weighted by Crippen LogP contribution is 2.33. The first-order chi connectivity index (χ1) is 16.2. The van der Waals surface area contributed by atoms with Crippen molar-refractivity contribution < 1.29 is 22.8 Å². The molecule has 2 aliphatic rings.